The van der Waals surface area contributed by atoms with Crippen LogP contribution in [0.2, 0.25) is 0 Å². The predicted octanol–water partition coefficient (Wildman–Crippen LogP) is 3.44. The van der Waals surface area contributed by atoms with E-state index in [-0.39, 0.29) is 0 Å². The lowest BCUT2D eigenvalue weighted by atomic mass is 9.80. The summed E-state index contributed by atoms with van der Waals surface area (Å²) >= 11 is 0. The molecule has 0 aliphatic heterocycles. The molecule has 1 aliphatic carbocycles. The van der Waals surface area contributed by atoms with Crippen molar-refractivity contribution in [3.8, 4) is 5.75 Å². The molecule has 1 saturated carbocycles. The van der Waals surface area contributed by atoms with Crippen molar-refractivity contribution in [2.24, 2.45) is 5.92 Å². The number of rotatable bonds is 4. The van der Waals surface area contributed by atoms with Crippen LogP contribution in [0.5, 0.6) is 5.75 Å². The molecule has 0 heterocycles. The molecule has 0 spiro atoms. The Kier molecular flexibility index (Phi) is 4.61. The summed E-state index contributed by atoms with van der Waals surface area (Å²) in [4.78, 5) is 10.9. The zero-order valence-electron chi connectivity index (χ0n) is 11.3. The van der Waals surface area contributed by atoms with Crippen LogP contribution in [0.4, 0.5) is 0 Å². The van der Waals surface area contributed by atoms with Crippen LogP contribution in [-0.4, -0.2) is 18.2 Å². The summed E-state index contributed by atoms with van der Waals surface area (Å²) in [6.45, 7) is 0. The molecule has 3 heteroatoms. The van der Waals surface area contributed by atoms with Crippen molar-refractivity contribution in [2.75, 3.05) is 7.11 Å². The van der Waals surface area contributed by atoms with Crippen molar-refractivity contribution in [3.05, 3.63) is 41.5 Å². The number of carboxylic acid groups (broad SMARTS) is 1. The third-order valence-electron chi connectivity index (χ3n) is 3.72. The van der Waals surface area contributed by atoms with Crippen molar-refractivity contribution in [1.29, 1.82) is 0 Å². The minimum atomic E-state index is -0.826. The summed E-state index contributed by atoms with van der Waals surface area (Å²) < 4.78 is 5.23. The molecule has 0 amide bonds. The largest absolute Gasteiger partial charge is 0.497 e. The van der Waals surface area contributed by atoms with Crippen LogP contribution in [0.1, 0.15) is 31.2 Å². The van der Waals surface area contributed by atoms with E-state index in [1.54, 1.807) is 7.11 Å². The van der Waals surface area contributed by atoms with Gasteiger partial charge in [0, 0.05) is 6.08 Å². The first kappa shape index (κ1) is 13.7. The van der Waals surface area contributed by atoms with Gasteiger partial charge in [0.2, 0.25) is 0 Å². The van der Waals surface area contributed by atoms with Crippen LogP contribution in [0.15, 0.2) is 35.9 Å². The summed E-state index contributed by atoms with van der Waals surface area (Å²) in [7, 11) is 1.66. The number of ether oxygens (including phenoxy) is 1. The first-order valence-electron chi connectivity index (χ1n) is 6.75. The van der Waals surface area contributed by atoms with Crippen LogP contribution in [0.3, 0.4) is 0 Å². The topological polar surface area (TPSA) is 46.5 Å². The maximum absolute atomic E-state index is 10.9. The number of carboxylic acids is 1. The fourth-order valence-electron chi connectivity index (χ4n) is 2.78. The van der Waals surface area contributed by atoms with E-state index in [0.29, 0.717) is 5.92 Å². The molecule has 2 rings (SSSR count). The van der Waals surface area contributed by atoms with Crippen molar-refractivity contribution in [3.63, 3.8) is 0 Å². The highest BCUT2D eigenvalue weighted by atomic mass is 16.5. The second-order valence-electron chi connectivity index (χ2n) is 5.06. The Morgan fingerprint density at radius 2 is 2.32 bits per heavy atom. The average molecular weight is 260 g/mol. The molecule has 1 aromatic rings. The molecule has 1 aromatic carbocycles. The molecule has 1 aliphatic rings. The molecule has 3 nitrogen and oxygen atoms in total. The highest BCUT2D eigenvalue weighted by molar-refractivity contribution is 5.80. The van der Waals surface area contributed by atoms with Gasteiger partial charge in [-0.3, -0.25) is 0 Å². The highest BCUT2D eigenvalue weighted by Gasteiger charge is 2.20. The molecule has 0 bridgehead atoms. The summed E-state index contributed by atoms with van der Waals surface area (Å²) in [6, 6.07) is 8.03. The number of carbonyl (C=O) groups is 1. The van der Waals surface area contributed by atoms with Gasteiger partial charge in [0.1, 0.15) is 5.75 Å². The molecular weight excluding hydrogens is 240 g/mol. The smallest absolute Gasteiger partial charge is 0.328 e. The van der Waals surface area contributed by atoms with Gasteiger partial charge in [-0.25, -0.2) is 4.79 Å². The lowest BCUT2D eigenvalue weighted by Crippen LogP contribution is -2.14. The fourth-order valence-corrected chi connectivity index (χ4v) is 2.78. The maximum Gasteiger partial charge on any atom is 0.328 e. The zero-order valence-corrected chi connectivity index (χ0v) is 11.3. The Balaban J connectivity index is 2.12. The summed E-state index contributed by atoms with van der Waals surface area (Å²) in [6.07, 6.45) is 6.59. The van der Waals surface area contributed by atoms with Crippen molar-refractivity contribution in [2.45, 2.75) is 32.1 Å². The first-order valence-corrected chi connectivity index (χ1v) is 6.75. The van der Waals surface area contributed by atoms with Crippen LogP contribution in [0, 0.1) is 5.92 Å². The van der Waals surface area contributed by atoms with E-state index in [2.05, 4.69) is 6.07 Å². The van der Waals surface area contributed by atoms with Crippen molar-refractivity contribution in [1.82, 2.24) is 0 Å². The molecule has 1 unspecified atom stereocenters. The van der Waals surface area contributed by atoms with Crippen LogP contribution in [0.25, 0.3) is 0 Å². The number of hydrogen-bond donors (Lipinski definition) is 1. The summed E-state index contributed by atoms with van der Waals surface area (Å²) in [5.41, 5.74) is 2.30. The summed E-state index contributed by atoms with van der Waals surface area (Å²) in [5, 5.41) is 8.94. The SMILES string of the molecule is COc1cccc(CC2CCCC/C2=C\C(=O)O)c1. The van der Waals surface area contributed by atoms with Crippen LogP contribution >= 0.6 is 0 Å². The first-order chi connectivity index (χ1) is 9.19. The standard InChI is InChI=1S/C16H20O3/c1-19-15-8-4-5-12(10-15)9-13-6-2-3-7-14(13)11-16(17)18/h4-5,8,10-11,13H,2-3,6-7,9H2,1H3,(H,17,18)/b14-11+. The van der Waals surface area contributed by atoms with Gasteiger partial charge in [-0.15, -0.1) is 0 Å². The third kappa shape index (κ3) is 3.85. The van der Waals surface area contributed by atoms with Crippen molar-refractivity contribution >= 4 is 5.97 Å². The highest BCUT2D eigenvalue weighted by Crippen LogP contribution is 2.32. The molecule has 1 fully saturated rings. The molecule has 102 valence electrons. The van der Waals surface area contributed by atoms with E-state index in [1.807, 2.05) is 18.2 Å². The second kappa shape index (κ2) is 6.41. The van der Waals surface area contributed by atoms with E-state index in [4.69, 9.17) is 9.84 Å². The fraction of sp³-hybridized carbons (Fsp3) is 0.438. The Morgan fingerprint density at radius 3 is 3.05 bits per heavy atom. The lowest BCUT2D eigenvalue weighted by molar-refractivity contribution is -0.131. The van der Waals surface area contributed by atoms with Crippen molar-refractivity contribution < 1.29 is 14.6 Å². The monoisotopic (exact) mass is 260 g/mol. The number of methoxy groups -OCH3 is 1. The summed E-state index contributed by atoms with van der Waals surface area (Å²) in [5.74, 6) is 0.390. The van der Waals surface area contributed by atoms with E-state index < -0.39 is 5.97 Å². The molecule has 0 radical (unpaired) electrons. The normalized spacial score (nSPS) is 21.3. The van der Waals surface area contributed by atoms with E-state index >= 15 is 0 Å². The minimum Gasteiger partial charge on any atom is -0.497 e. The second-order valence-corrected chi connectivity index (χ2v) is 5.06. The molecule has 1 N–H and O–H groups in total. The molecular formula is C16H20O3. The Hall–Kier alpha value is -1.77. The number of allylic oxidation sites excluding steroid dienone is 1. The molecule has 19 heavy (non-hydrogen) atoms. The van der Waals surface area contributed by atoms with Gasteiger partial charge >= 0.3 is 5.97 Å². The predicted molar refractivity (Wildman–Crippen MR) is 74.4 cm³/mol. The van der Waals surface area contributed by atoms with E-state index in [0.717, 1.165) is 37.0 Å². The minimum absolute atomic E-state index is 0.358. The zero-order chi connectivity index (χ0) is 13.7. The van der Waals surface area contributed by atoms with Gasteiger partial charge in [-0.2, -0.15) is 0 Å². The van der Waals surface area contributed by atoms with Gasteiger partial charge in [-0.05, 0) is 49.3 Å². The van der Waals surface area contributed by atoms with Gasteiger partial charge in [0.05, 0.1) is 7.11 Å². The van der Waals surface area contributed by atoms with Gasteiger partial charge in [0.25, 0.3) is 0 Å². The van der Waals surface area contributed by atoms with E-state index in [9.17, 15) is 4.79 Å². The third-order valence-corrected chi connectivity index (χ3v) is 3.72. The van der Waals surface area contributed by atoms with Crippen LogP contribution in [-0.2, 0) is 11.2 Å². The number of hydrogen-bond acceptors (Lipinski definition) is 2. The van der Waals surface area contributed by atoms with E-state index in [1.165, 1.54) is 18.1 Å². The number of benzene rings is 1. The Morgan fingerprint density at radius 1 is 1.47 bits per heavy atom. The molecule has 0 saturated heterocycles. The molecule has 0 aromatic heterocycles. The quantitative estimate of drug-likeness (QED) is 0.843. The van der Waals surface area contributed by atoms with Gasteiger partial charge in [-0.1, -0.05) is 24.1 Å². The van der Waals surface area contributed by atoms with Crippen LogP contribution < -0.4 is 4.74 Å². The van der Waals surface area contributed by atoms with Gasteiger partial charge < -0.3 is 9.84 Å². The Bertz CT molecular complexity index is 477. The maximum atomic E-state index is 10.9. The average Bonchev–Trinajstić information content (AvgIpc) is 2.41. The van der Waals surface area contributed by atoms with Gasteiger partial charge in [0.15, 0.2) is 0 Å². The lowest BCUT2D eigenvalue weighted by Gasteiger charge is -2.25. The number of aliphatic carboxylic acids is 1. The molecule has 1 atom stereocenters. The Labute approximate surface area is 113 Å².